The quantitative estimate of drug-likeness (QED) is 0.333. The van der Waals surface area contributed by atoms with Gasteiger partial charge in [0.15, 0.2) is 5.96 Å². The van der Waals surface area contributed by atoms with E-state index in [1.165, 1.54) is 0 Å². The van der Waals surface area contributed by atoms with Crippen LogP contribution < -0.4 is 10.6 Å². The third-order valence-electron chi connectivity index (χ3n) is 4.12. The van der Waals surface area contributed by atoms with E-state index in [1.54, 1.807) is 11.9 Å². The van der Waals surface area contributed by atoms with E-state index in [0.29, 0.717) is 38.6 Å². The van der Waals surface area contributed by atoms with E-state index in [4.69, 9.17) is 4.74 Å². The van der Waals surface area contributed by atoms with Crippen molar-refractivity contribution in [2.75, 3.05) is 39.8 Å². The van der Waals surface area contributed by atoms with Crippen LogP contribution in [0, 0.1) is 0 Å². The Balaban J connectivity index is 0.00000676. The second kappa shape index (κ2) is 12.2. The summed E-state index contributed by atoms with van der Waals surface area (Å²) < 4.78 is 5.40. The average molecular weight is 497 g/mol. The van der Waals surface area contributed by atoms with Gasteiger partial charge in [0.25, 0.3) is 0 Å². The fourth-order valence-corrected chi connectivity index (χ4v) is 2.73. The van der Waals surface area contributed by atoms with Gasteiger partial charge in [0.05, 0.1) is 0 Å². The summed E-state index contributed by atoms with van der Waals surface area (Å²) in [4.78, 5) is 31.7. The van der Waals surface area contributed by atoms with Gasteiger partial charge in [0.1, 0.15) is 5.60 Å². The molecule has 2 amide bonds. The molecule has 1 aliphatic heterocycles. The van der Waals surface area contributed by atoms with Gasteiger partial charge >= 0.3 is 6.09 Å². The molecule has 0 saturated carbocycles. The van der Waals surface area contributed by atoms with E-state index in [2.05, 4.69) is 15.6 Å². The first-order valence-corrected chi connectivity index (χ1v) is 9.43. The molecule has 0 aromatic heterocycles. The van der Waals surface area contributed by atoms with Crippen molar-refractivity contribution in [3.63, 3.8) is 0 Å². The summed E-state index contributed by atoms with van der Waals surface area (Å²) in [6.07, 6.45) is 1.14. The molecule has 0 bridgehead atoms. The molecule has 158 valence electrons. The van der Waals surface area contributed by atoms with Gasteiger partial charge in [-0.05, 0) is 34.1 Å². The maximum Gasteiger partial charge on any atom is 0.410 e. The minimum absolute atomic E-state index is 0. The fourth-order valence-electron chi connectivity index (χ4n) is 2.73. The summed E-state index contributed by atoms with van der Waals surface area (Å²) in [7, 11) is 1.71. The largest absolute Gasteiger partial charge is 0.444 e. The Hall–Kier alpha value is -1.26. The first-order chi connectivity index (χ1) is 12.2. The van der Waals surface area contributed by atoms with E-state index in [1.807, 2.05) is 39.5 Å². The summed E-state index contributed by atoms with van der Waals surface area (Å²) in [6, 6.07) is 0.199. The lowest BCUT2D eigenvalue weighted by Crippen LogP contribution is -2.47. The van der Waals surface area contributed by atoms with Gasteiger partial charge in [-0.1, -0.05) is 6.92 Å². The van der Waals surface area contributed by atoms with Gasteiger partial charge < -0.3 is 25.2 Å². The zero-order valence-electron chi connectivity index (χ0n) is 17.5. The molecular weight excluding hydrogens is 461 g/mol. The molecule has 1 rings (SSSR count). The first kappa shape index (κ1) is 25.7. The van der Waals surface area contributed by atoms with Crippen LogP contribution in [-0.4, -0.2) is 79.2 Å². The number of nitrogens with one attached hydrogen (secondary N) is 2. The van der Waals surface area contributed by atoms with Crippen LogP contribution in [0.2, 0.25) is 0 Å². The number of likely N-dealkylation sites (tertiary alicyclic amines) is 1. The molecule has 0 radical (unpaired) electrons. The van der Waals surface area contributed by atoms with Crippen LogP contribution in [0.4, 0.5) is 4.79 Å². The predicted octanol–water partition coefficient (Wildman–Crippen LogP) is 2.04. The predicted molar refractivity (Wildman–Crippen MR) is 119 cm³/mol. The van der Waals surface area contributed by atoms with Gasteiger partial charge in [-0.25, -0.2) is 4.79 Å². The van der Waals surface area contributed by atoms with E-state index >= 15 is 0 Å². The Labute approximate surface area is 180 Å². The molecule has 1 unspecified atom stereocenters. The Bertz CT molecular complexity index is 508. The van der Waals surface area contributed by atoms with Crippen LogP contribution in [0.15, 0.2) is 4.99 Å². The summed E-state index contributed by atoms with van der Waals surface area (Å²) in [5.74, 6) is 0.870. The molecule has 0 aromatic rings. The van der Waals surface area contributed by atoms with Gasteiger partial charge in [-0.15, -0.1) is 24.0 Å². The van der Waals surface area contributed by atoms with E-state index < -0.39 is 5.60 Å². The summed E-state index contributed by atoms with van der Waals surface area (Å²) in [5, 5.41) is 6.57. The Kier molecular flexibility index (Phi) is 11.7. The van der Waals surface area contributed by atoms with Crippen molar-refractivity contribution in [3.05, 3.63) is 0 Å². The van der Waals surface area contributed by atoms with Crippen molar-refractivity contribution in [2.45, 2.75) is 59.1 Å². The number of guanidine groups is 1. The minimum atomic E-state index is -0.500. The molecule has 2 N–H and O–H groups in total. The number of carbonyl (C=O) groups is 2. The second-order valence-corrected chi connectivity index (χ2v) is 7.38. The fraction of sp³-hybridized carbons (Fsp3) is 0.833. The molecule has 0 spiro atoms. The average Bonchev–Trinajstić information content (AvgIpc) is 3.03. The SMILES string of the molecule is CCC(=O)N1CCC(NC(=NC)NCCN(CC)C(=O)OC(C)(C)C)C1.I. The number of aliphatic imine (C=N–C) groups is 1. The van der Waals surface area contributed by atoms with Crippen molar-refractivity contribution in [3.8, 4) is 0 Å². The topological polar surface area (TPSA) is 86.3 Å². The Morgan fingerprint density at radius 3 is 2.48 bits per heavy atom. The highest BCUT2D eigenvalue weighted by Gasteiger charge is 2.26. The molecule has 27 heavy (non-hydrogen) atoms. The van der Waals surface area contributed by atoms with Crippen LogP contribution in [0.1, 0.15) is 47.5 Å². The van der Waals surface area contributed by atoms with E-state index in [9.17, 15) is 9.59 Å². The van der Waals surface area contributed by atoms with E-state index in [0.717, 1.165) is 13.0 Å². The molecule has 1 saturated heterocycles. The van der Waals surface area contributed by atoms with E-state index in [-0.39, 0.29) is 42.0 Å². The lowest BCUT2D eigenvalue weighted by Gasteiger charge is -2.27. The van der Waals surface area contributed by atoms with Gasteiger partial charge in [-0.2, -0.15) is 0 Å². The van der Waals surface area contributed by atoms with Crippen molar-refractivity contribution >= 4 is 41.9 Å². The second-order valence-electron chi connectivity index (χ2n) is 7.38. The van der Waals surface area contributed by atoms with Gasteiger partial charge in [0.2, 0.25) is 5.91 Å². The molecule has 9 heteroatoms. The number of ether oxygens (including phenoxy) is 1. The monoisotopic (exact) mass is 497 g/mol. The van der Waals surface area contributed by atoms with Crippen LogP contribution in [0.3, 0.4) is 0 Å². The van der Waals surface area contributed by atoms with Gasteiger partial charge in [-0.3, -0.25) is 9.79 Å². The molecule has 1 fully saturated rings. The third-order valence-corrected chi connectivity index (χ3v) is 4.12. The molecular formula is C18H36IN5O3. The molecule has 1 heterocycles. The third kappa shape index (κ3) is 9.48. The number of nitrogens with zero attached hydrogens (tertiary/aromatic N) is 3. The highest BCUT2D eigenvalue weighted by atomic mass is 127. The number of rotatable bonds is 6. The van der Waals surface area contributed by atoms with Crippen molar-refractivity contribution in [2.24, 2.45) is 4.99 Å². The van der Waals surface area contributed by atoms with Gasteiger partial charge in [0, 0.05) is 52.2 Å². The Morgan fingerprint density at radius 1 is 1.30 bits per heavy atom. The lowest BCUT2D eigenvalue weighted by atomic mass is 10.2. The zero-order chi connectivity index (χ0) is 19.7. The highest BCUT2D eigenvalue weighted by molar-refractivity contribution is 14.0. The number of likely N-dealkylation sites (N-methyl/N-ethyl adjacent to an activating group) is 1. The Morgan fingerprint density at radius 2 is 1.96 bits per heavy atom. The normalized spacial score (nSPS) is 17.2. The maximum atomic E-state index is 12.1. The molecule has 0 aliphatic carbocycles. The number of amides is 2. The standard InChI is InChI=1S/C18H35N5O3.HI/c1-7-15(24)23-11-9-14(13-23)21-16(19-6)20-10-12-22(8-2)17(25)26-18(3,4)5;/h14H,7-13H2,1-6H3,(H2,19,20,21);1H. The zero-order valence-corrected chi connectivity index (χ0v) is 19.8. The van der Waals surface area contributed by atoms with Crippen LogP contribution in [-0.2, 0) is 9.53 Å². The molecule has 0 aromatic carbocycles. The molecule has 1 atom stereocenters. The van der Waals surface area contributed by atoms with Crippen molar-refractivity contribution < 1.29 is 14.3 Å². The van der Waals surface area contributed by atoms with Crippen LogP contribution in [0.5, 0.6) is 0 Å². The summed E-state index contributed by atoms with van der Waals surface area (Å²) in [5.41, 5.74) is -0.500. The van der Waals surface area contributed by atoms with Crippen LogP contribution >= 0.6 is 24.0 Å². The lowest BCUT2D eigenvalue weighted by molar-refractivity contribution is -0.129. The number of hydrogen-bond donors (Lipinski definition) is 2. The maximum absolute atomic E-state index is 12.1. The minimum Gasteiger partial charge on any atom is -0.444 e. The molecule has 1 aliphatic rings. The number of hydrogen-bond acceptors (Lipinski definition) is 4. The molecule has 8 nitrogen and oxygen atoms in total. The smallest absolute Gasteiger partial charge is 0.410 e. The first-order valence-electron chi connectivity index (χ1n) is 9.43. The number of halogens is 1. The van der Waals surface area contributed by atoms with Crippen molar-refractivity contribution in [1.82, 2.24) is 20.4 Å². The van der Waals surface area contributed by atoms with Crippen molar-refractivity contribution in [1.29, 1.82) is 0 Å². The van der Waals surface area contributed by atoms with Crippen LogP contribution in [0.25, 0.3) is 0 Å². The number of carbonyl (C=O) groups excluding carboxylic acids is 2. The highest BCUT2D eigenvalue weighted by Crippen LogP contribution is 2.11. The summed E-state index contributed by atoms with van der Waals surface area (Å²) >= 11 is 0. The summed E-state index contributed by atoms with van der Waals surface area (Å²) in [6.45, 7) is 12.5.